The highest BCUT2D eigenvalue weighted by molar-refractivity contribution is 5.82. The van der Waals surface area contributed by atoms with Gasteiger partial charge in [0.05, 0.1) is 12.7 Å². The van der Waals surface area contributed by atoms with Crippen molar-refractivity contribution in [2.75, 3.05) is 13.2 Å². The maximum Gasteiger partial charge on any atom is 0.329 e. The van der Waals surface area contributed by atoms with Crippen LogP contribution in [0.1, 0.15) is 25.8 Å². The summed E-state index contributed by atoms with van der Waals surface area (Å²) < 4.78 is 10.8. The van der Waals surface area contributed by atoms with Gasteiger partial charge in [-0.25, -0.2) is 4.79 Å². The number of esters is 1. The van der Waals surface area contributed by atoms with E-state index < -0.39 is 5.54 Å². The molecule has 0 spiro atoms. The zero-order chi connectivity index (χ0) is 13.7. The van der Waals surface area contributed by atoms with Crippen molar-refractivity contribution in [3.8, 4) is 0 Å². The Bertz CT molecular complexity index is 421. The van der Waals surface area contributed by atoms with Crippen molar-refractivity contribution in [1.82, 2.24) is 5.32 Å². The summed E-state index contributed by atoms with van der Waals surface area (Å²) in [6.45, 7) is 5.35. The largest absolute Gasteiger partial charge is 0.465 e. The molecule has 1 aliphatic heterocycles. The van der Waals surface area contributed by atoms with Crippen LogP contribution in [0.15, 0.2) is 30.3 Å². The van der Waals surface area contributed by atoms with Gasteiger partial charge in [0, 0.05) is 19.6 Å². The third kappa shape index (κ3) is 2.96. The molecule has 1 aliphatic rings. The fourth-order valence-corrected chi connectivity index (χ4v) is 2.43. The van der Waals surface area contributed by atoms with Gasteiger partial charge < -0.3 is 9.47 Å². The Kier molecular flexibility index (Phi) is 4.56. The van der Waals surface area contributed by atoms with E-state index in [1.54, 1.807) is 0 Å². The van der Waals surface area contributed by atoms with Gasteiger partial charge in [-0.15, -0.1) is 0 Å². The molecule has 104 valence electrons. The molecule has 0 amide bonds. The van der Waals surface area contributed by atoms with Crippen LogP contribution >= 0.6 is 0 Å². The lowest BCUT2D eigenvalue weighted by atomic mass is 9.91. The first-order valence-electron chi connectivity index (χ1n) is 6.77. The lowest BCUT2D eigenvalue weighted by Gasteiger charge is -2.30. The topological polar surface area (TPSA) is 47.6 Å². The van der Waals surface area contributed by atoms with Crippen LogP contribution in [0.25, 0.3) is 0 Å². The van der Waals surface area contributed by atoms with Crippen molar-refractivity contribution in [2.45, 2.75) is 38.5 Å². The van der Waals surface area contributed by atoms with E-state index in [0.717, 1.165) is 5.56 Å². The van der Waals surface area contributed by atoms with E-state index in [4.69, 9.17) is 9.47 Å². The minimum Gasteiger partial charge on any atom is -0.465 e. The summed E-state index contributed by atoms with van der Waals surface area (Å²) in [5.41, 5.74) is 0.427. The zero-order valence-electron chi connectivity index (χ0n) is 11.5. The second kappa shape index (κ2) is 6.17. The van der Waals surface area contributed by atoms with Crippen LogP contribution in [0.4, 0.5) is 0 Å². The summed E-state index contributed by atoms with van der Waals surface area (Å²) in [5.74, 6) is -0.212. The van der Waals surface area contributed by atoms with Crippen molar-refractivity contribution in [3.05, 3.63) is 35.9 Å². The lowest BCUT2D eigenvalue weighted by Crippen LogP contribution is -2.57. The number of nitrogens with one attached hydrogen (secondary N) is 1. The van der Waals surface area contributed by atoms with Gasteiger partial charge in [-0.2, -0.15) is 0 Å². The van der Waals surface area contributed by atoms with Crippen LogP contribution in [0.3, 0.4) is 0 Å². The van der Waals surface area contributed by atoms with Crippen molar-refractivity contribution < 1.29 is 14.3 Å². The number of rotatable bonds is 5. The molecule has 1 aromatic carbocycles. The predicted octanol–water partition coefficient (Wildman–Crippen LogP) is 1.89. The average Bonchev–Trinajstić information content (AvgIpc) is 2.80. The molecule has 19 heavy (non-hydrogen) atoms. The first-order chi connectivity index (χ1) is 9.19. The van der Waals surface area contributed by atoms with Gasteiger partial charge in [0.1, 0.15) is 5.54 Å². The van der Waals surface area contributed by atoms with E-state index >= 15 is 0 Å². The summed E-state index contributed by atoms with van der Waals surface area (Å²) in [6, 6.07) is 10.0. The smallest absolute Gasteiger partial charge is 0.329 e. The average molecular weight is 263 g/mol. The number of carbonyl (C=O) groups excluding carboxylic acids is 1. The molecule has 4 nitrogen and oxygen atoms in total. The number of benzene rings is 1. The van der Waals surface area contributed by atoms with Gasteiger partial charge >= 0.3 is 5.97 Å². The molecule has 0 aromatic heterocycles. The van der Waals surface area contributed by atoms with Crippen molar-refractivity contribution in [3.63, 3.8) is 0 Å². The minimum atomic E-state index is -0.716. The second-order valence-electron chi connectivity index (χ2n) is 4.79. The number of ether oxygens (including phenoxy) is 2. The van der Waals surface area contributed by atoms with Gasteiger partial charge in [0.25, 0.3) is 0 Å². The van der Waals surface area contributed by atoms with Gasteiger partial charge in [-0.1, -0.05) is 30.3 Å². The van der Waals surface area contributed by atoms with Crippen LogP contribution in [0.5, 0.6) is 0 Å². The Morgan fingerprint density at radius 2 is 2.21 bits per heavy atom. The molecule has 2 unspecified atom stereocenters. The van der Waals surface area contributed by atoms with E-state index in [1.807, 2.05) is 44.2 Å². The quantitative estimate of drug-likeness (QED) is 0.824. The number of carbonyl (C=O) groups is 1. The molecule has 1 saturated heterocycles. The van der Waals surface area contributed by atoms with E-state index in [-0.39, 0.29) is 12.1 Å². The van der Waals surface area contributed by atoms with Gasteiger partial charge in [0.15, 0.2) is 0 Å². The molecule has 2 atom stereocenters. The SMILES string of the molecule is CCOC(=O)C1(NCc2ccccc2)CCOC1C. The summed E-state index contributed by atoms with van der Waals surface area (Å²) in [5, 5.41) is 3.35. The molecule has 1 heterocycles. The highest BCUT2D eigenvalue weighted by Gasteiger charge is 2.49. The molecule has 0 saturated carbocycles. The van der Waals surface area contributed by atoms with Crippen LogP contribution in [0.2, 0.25) is 0 Å². The van der Waals surface area contributed by atoms with E-state index in [2.05, 4.69) is 5.32 Å². The van der Waals surface area contributed by atoms with Crippen LogP contribution in [-0.2, 0) is 20.8 Å². The zero-order valence-corrected chi connectivity index (χ0v) is 11.5. The van der Waals surface area contributed by atoms with E-state index in [9.17, 15) is 4.79 Å². The van der Waals surface area contributed by atoms with Gasteiger partial charge in [0.2, 0.25) is 0 Å². The Labute approximate surface area is 114 Å². The maximum atomic E-state index is 12.2. The summed E-state index contributed by atoms with van der Waals surface area (Å²) in [7, 11) is 0. The third-order valence-electron chi connectivity index (χ3n) is 3.65. The number of hydrogen-bond donors (Lipinski definition) is 1. The molecular formula is C15H21NO3. The molecule has 1 N–H and O–H groups in total. The summed E-state index contributed by atoms with van der Waals surface area (Å²) in [6.07, 6.45) is 0.482. The van der Waals surface area contributed by atoms with Crippen molar-refractivity contribution in [1.29, 1.82) is 0 Å². The normalized spacial score (nSPS) is 26.3. The van der Waals surface area contributed by atoms with E-state index in [1.165, 1.54) is 0 Å². The summed E-state index contributed by atoms with van der Waals surface area (Å²) >= 11 is 0. The maximum absolute atomic E-state index is 12.2. The standard InChI is InChI=1S/C15H21NO3/c1-3-18-14(17)15(9-10-19-12(15)2)16-11-13-7-5-4-6-8-13/h4-8,12,16H,3,9-11H2,1-2H3. The Morgan fingerprint density at radius 3 is 2.79 bits per heavy atom. The van der Waals surface area contributed by atoms with Gasteiger partial charge in [-0.05, 0) is 19.4 Å². The Hall–Kier alpha value is -1.39. The van der Waals surface area contributed by atoms with Crippen LogP contribution in [0, 0.1) is 0 Å². The lowest BCUT2D eigenvalue weighted by molar-refractivity contribution is -0.153. The van der Waals surface area contributed by atoms with Gasteiger partial charge in [-0.3, -0.25) is 5.32 Å². The molecular weight excluding hydrogens is 242 g/mol. The molecule has 0 aliphatic carbocycles. The molecule has 1 fully saturated rings. The third-order valence-corrected chi connectivity index (χ3v) is 3.65. The fraction of sp³-hybridized carbons (Fsp3) is 0.533. The Morgan fingerprint density at radius 1 is 1.47 bits per heavy atom. The molecule has 0 bridgehead atoms. The highest BCUT2D eigenvalue weighted by Crippen LogP contribution is 2.28. The first kappa shape index (κ1) is 14.0. The van der Waals surface area contributed by atoms with Crippen LogP contribution < -0.4 is 5.32 Å². The molecule has 1 aromatic rings. The molecule has 0 radical (unpaired) electrons. The second-order valence-corrected chi connectivity index (χ2v) is 4.79. The monoisotopic (exact) mass is 263 g/mol. The predicted molar refractivity (Wildman–Crippen MR) is 72.7 cm³/mol. The van der Waals surface area contributed by atoms with Crippen LogP contribution in [-0.4, -0.2) is 30.8 Å². The fourth-order valence-electron chi connectivity index (χ4n) is 2.43. The molecule has 4 heteroatoms. The first-order valence-corrected chi connectivity index (χ1v) is 6.77. The summed E-state index contributed by atoms with van der Waals surface area (Å²) in [4.78, 5) is 12.2. The van der Waals surface area contributed by atoms with E-state index in [0.29, 0.717) is 26.2 Å². The number of hydrogen-bond acceptors (Lipinski definition) is 4. The highest BCUT2D eigenvalue weighted by atomic mass is 16.5. The minimum absolute atomic E-state index is 0.171. The molecule has 2 rings (SSSR count). The van der Waals surface area contributed by atoms with Crippen molar-refractivity contribution >= 4 is 5.97 Å². The Balaban J connectivity index is 2.08. The van der Waals surface area contributed by atoms with Crippen molar-refractivity contribution in [2.24, 2.45) is 0 Å².